The molecule has 0 atom stereocenters. The lowest BCUT2D eigenvalue weighted by atomic mass is 9.96. The fourth-order valence-corrected chi connectivity index (χ4v) is 2.99. The molecule has 0 spiro atoms. The van der Waals surface area contributed by atoms with Crippen molar-refractivity contribution in [3.8, 4) is 0 Å². The number of nitrogens with two attached hydrogens (primary N) is 1. The molecule has 1 aromatic carbocycles. The molecule has 24 heavy (non-hydrogen) atoms. The molecule has 1 heterocycles. The lowest BCUT2D eigenvalue weighted by Crippen LogP contribution is -2.35. The molecule has 3 N–H and O–H groups in total. The smallest absolute Gasteiger partial charge is 0.147 e. The zero-order chi connectivity index (χ0) is 16.8. The first kappa shape index (κ1) is 20.8. The molecule has 0 fully saturated rings. The quantitative estimate of drug-likeness (QED) is 0.701. The van der Waals surface area contributed by atoms with Crippen molar-refractivity contribution in [2.75, 3.05) is 19.7 Å². The summed E-state index contributed by atoms with van der Waals surface area (Å²) in [6.07, 6.45) is 2.13. The molecular formula is C19H31ClN2O2. The molecule has 0 saturated heterocycles. The maximum absolute atomic E-state index is 9.44. The molecule has 4 nitrogen and oxygen atoms in total. The van der Waals surface area contributed by atoms with Crippen LogP contribution in [0, 0.1) is 5.92 Å². The largest absolute Gasteiger partial charge is 0.491 e. The number of rotatable bonds is 8. The highest BCUT2D eigenvalue weighted by molar-refractivity contribution is 5.85. The van der Waals surface area contributed by atoms with E-state index in [9.17, 15) is 5.11 Å². The third-order valence-corrected chi connectivity index (χ3v) is 4.13. The number of aliphatic hydroxyl groups excluding tert-OH is 1. The summed E-state index contributed by atoms with van der Waals surface area (Å²) in [4.78, 5) is 2.34. The summed E-state index contributed by atoms with van der Waals surface area (Å²) >= 11 is 0. The lowest BCUT2D eigenvalue weighted by molar-refractivity contribution is 0.232. The van der Waals surface area contributed by atoms with Gasteiger partial charge in [0.05, 0.1) is 18.9 Å². The van der Waals surface area contributed by atoms with Crippen molar-refractivity contribution in [1.29, 1.82) is 0 Å². The van der Waals surface area contributed by atoms with Crippen LogP contribution >= 0.6 is 12.4 Å². The summed E-state index contributed by atoms with van der Waals surface area (Å²) in [6.45, 7) is 9.63. The van der Waals surface area contributed by atoms with Crippen molar-refractivity contribution < 1.29 is 9.84 Å². The number of halogens is 1. The average Bonchev–Trinajstić information content (AvgIpc) is 2.54. The van der Waals surface area contributed by atoms with Crippen molar-refractivity contribution in [1.82, 2.24) is 4.90 Å². The Morgan fingerprint density at radius 1 is 1.33 bits per heavy atom. The number of hydrogen-bond donors (Lipinski definition) is 2. The van der Waals surface area contributed by atoms with E-state index in [1.165, 1.54) is 5.56 Å². The van der Waals surface area contributed by atoms with Crippen molar-refractivity contribution in [2.24, 2.45) is 11.7 Å². The lowest BCUT2D eigenvalue weighted by Gasteiger charge is -2.35. The van der Waals surface area contributed by atoms with E-state index in [2.05, 4.69) is 31.7 Å². The van der Waals surface area contributed by atoms with Crippen molar-refractivity contribution in [2.45, 2.75) is 46.8 Å². The number of benzene rings is 1. The second-order valence-electron chi connectivity index (χ2n) is 6.61. The van der Waals surface area contributed by atoms with E-state index in [0.717, 1.165) is 48.5 Å². The molecule has 0 radical (unpaired) electrons. The zero-order valence-corrected chi connectivity index (χ0v) is 15.9. The molecular weight excluding hydrogens is 324 g/mol. The predicted molar refractivity (Wildman–Crippen MR) is 102 cm³/mol. The van der Waals surface area contributed by atoms with E-state index >= 15 is 0 Å². The van der Waals surface area contributed by atoms with E-state index in [-0.39, 0.29) is 19.0 Å². The minimum atomic E-state index is 0. The third-order valence-electron chi connectivity index (χ3n) is 4.13. The minimum Gasteiger partial charge on any atom is -0.491 e. The summed E-state index contributed by atoms with van der Waals surface area (Å²) in [5, 5.41) is 9.44. The minimum absolute atomic E-state index is 0. The van der Waals surface area contributed by atoms with Gasteiger partial charge in [-0.25, -0.2) is 0 Å². The van der Waals surface area contributed by atoms with Crippen LogP contribution in [0.5, 0.6) is 0 Å². The van der Waals surface area contributed by atoms with Crippen LogP contribution in [-0.2, 0) is 17.9 Å². The van der Waals surface area contributed by atoms with Crippen LogP contribution in [0.1, 0.15) is 50.3 Å². The molecule has 0 aromatic heterocycles. The van der Waals surface area contributed by atoms with Gasteiger partial charge in [0.15, 0.2) is 0 Å². The molecule has 0 amide bonds. The molecule has 1 aliphatic heterocycles. The van der Waals surface area contributed by atoms with Gasteiger partial charge >= 0.3 is 0 Å². The van der Waals surface area contributed by atoms with Crippen LogP contribution in [0.15, 0.2) is 23.9 Å². The number of nitrogens with zero attached hydrogens (tertiary/aromatic N) is 1. The highest BCUT2D eigenvalue weighted by atomic mass is 35.5. The van der Waals surface area contributed by atoms with Crippen LogP contribution in [0.25, 0.3) is 5.76 Å². The SMILES string of the molecule is CCCCOC1=C(CN)N(CC(C)C)Cc2ccc(CO)cc21.Cl. The second kappa shape index (κ2) is 9.92. The van der Waals surface area contributed by atoms with E-state index in [1.807, 2.05) is 12.1 Å². The van der Waals surface area contributed by atoms with Gasteiger partial charge in [-0.2, -0.15) is 0 Å². The fourth-order valence-electron chi connectivity index (χ4n) is 2.99. The Morgan fingerprint density at radius 3 is 2.67 bits per heavy atom. The molecule has 136 valence electrons. The molecule has 1 aromatic rings. The Labute approximate surface area is 152 Å². The zero-order valence-electron chi connectivity index (χ0n) is 15.0. The average molecular weight is 355 g/mol. The standard InChI is InChI=1S/C19H30N2O2.ClH/c1-4-5-8-23-19-17-9-15(13-22)6-7-16(17)12-21(11-14(2)3)18(19)10-20;/h6-7,9,14,22H,4-5,8,10-13,20H2,1-3H3;1H. The van der Waals surface area contributed by atoms with Crippen molar-refractivity contribution in [3.05, 3.63) is 40.6 Å². The molecule has 0 unspecified atom stereocenters. The number of hydrogen-bond acceptors (Lipinski definition) is 4. The molecule has 2 rings (SSSR count). The number of fused-ring (bicyclic) bond motifs is 1. The summed E-state index contributed by atoms with van der Waals surface area (Å²) in [5.41, 5.74) is 10.4. The summed E-state index contributed by atoms with van der Waals surface area (Å²) < 4.78 is 6.14. The summed E-state index contributed by atoms with van der Waals surface area (Å²) in [5.74, 6) is 1.46. The molecule has 1 aliphatic rings. The van der Waals surface area contributed by atoms with Gasteiger partial charge in [0.25, 0.3) is 0 Å². The van der Waals surface area contributed by atoms with E-state index in [4.69, 9.17) is 10.5 Å². The van der Waals surface area contributed by atoms with Crippen molar-refractivity contribution in [3.63, 3.8) is 0 Å². The topological polar surface area (TPSA) is 58.7 Å². The third kappa shape index (κ3) is 4.88. The Morgan fingerprint density at radius 2 is 2.08 bits per heavy atom. The first-order valence-corrected chi connectivity index (χ1v) is 8.64. The molecule has 0 aliphatic carbocycles. The second-order valence-corrected chi connectivity index (χ2v) is 6.61. The number of ether oxygens (including phenoxy) is 1. The van der Waals surface area contributed by atoms with E-state index in [0.29, 0.717) is 19.1 Å². The molecule has 0 saturated carbocycles. The number of aliphatic hydroxyl groups is 1. The highest BCUT2D eigenvalue weighted by Crippen LogP contribution is 2.33. The Balaban J connectivity index is 0.00000288. The van der Waals surface area contributed by atoms with Crippen LogP contribution < -0.4 is 5.73 Å². The van der Waals surface area contributed by atoms with Gasteiger partial charge in [0.1, 0.15) is 5.76 Å². The van der Waals surface area contributed by atoms with Gasteiger partial charge in [-0.3, -0.25) is 0 Å². The van der Waals surface area contributed by atoms with Crippen LogP contribution in [0.4, 0.5) is 0 Å². The maximum atomic E-state index is 9.44. The van der Waals surface area contributed by atoms with Crippen LogP contribution in [0.2, 0.25) is 0 Å². The first-order valence-electron chi connectivity index (χ1n) is 8.64. The summed E-state index contributed by atoms with van der Waals surface area (Å²) in [6, 6.07) is 6.13. The highest BCUT2D eigenvalue weighted by Gasteiger charge is 2.26. The monoisotopic (exact) mass is 354 g/mol. The van der Waals surface area contributed by atoms with Gasteiger partial charge in [-0.05, 0) is 29.5 Å². The van der Waals surface area contributed by atoms with E-state index in [1.54, 1.807) is 0 Å². The van der Waals surface area contributed by atoms with Crippen LogP contribution in [-0.4, -0.2) is 29.7 Å². The van der Waals surface area contributed by atoms with E-state index < -0.39 is 0 Å². The molecule has 0 bridgehead atoms. The van der Waals surface area contributed by atoms with Gasteiger partial charge in [-0.15, -0.1) is 12.4 Å². The van der Waals surface area contributed by atoms with Gasteiger partial charge in [0, 0.05) is 25.2 Å². The normalized spacial score (nSPS) is 13.8. The molecule has 5 heteroatoms. The Kier molecular flexibility index (Phi) is 8.60. The first-order chi connectivity index (χ1) is 11.1. The Bertz CT molecular complexity index is 558. The van der Waals surface area contributed by atoms with Crippen molar-refractivity contribution >= 4 is 18.2 Å². The van der Waals surface area contributed by atoms with Gasteiger partial charge in [0.2, 0.25) is 0 Å². The maximum Gasteiger partial charge on any atom is 0.147 e. The number of unbranched alkanes of at least 4 members (excludes halogenated alkanes) is 1. The van der Waals surface area contributed by atoms with Gasteiger partial charge < -0.3 is 20.5 Å². The predicted octanol–water partition coefficient (Wildman–Crippen LogP) is 3.52. The Hall–Kier alpha value is -1.23. The van der Waals surface area contributed by atoms with Gasteiger partial charge in [-0.1, -0.05) is 39.3 Å². The summed E-state index contributed by atoms with van der Waals surface area (Å²) in [7, 11) is 0. The fraction of sp³-hybridized carbons (Fsp3) is 0.579. The van der Waals surface area contributed by atoms with Crippen LogP contribution in [0.3, 0.4) is 0 Å².